The smallest absolute Gasteiger partial charge is 0.333 e. The van der Waals surface area contributed by atoms with Crippen LogP contribution in [0.2, 0.25) is 0 Å². The highest BCUT2D eigenvalue weighted by atomic mass is 16.6. The van der Waals surface area contributed by atoms with Gasteiger partial charge in [0.15, 0.2) is 0 Å². The van der Waals surface area contributed by atoms with Gasteiger partial charge in [-0.05, 0) is 93.6 Å². The third-order valence-corrected chi connectivity index (χ3v) is 10.3. The summed E-state index contributed by atoms with van der Waals surface area (Å²) in [4.78, 5) is 57.9. The van der Waals surface area contributed by atoms with Crippen LogP contribution in [-0.2, 0) is 28.6 Å². The molecule has 1 aromatic heterocycles. The summed E-state index contributed by atoms with van der Waals surface area (Å²) in [5.41, 5.74) is 4.97. The normalized spacial score (nSPS) is 10.5. The lowest BCUT2D eigenvalue weighted by Crippen LogP contribution is -2.22. The van der Waals surface area contributed by atoms with Gasteiger partial charge >= 0.3 is 17.9 Å². The number of ether oxygens (including phenoxy) is 6. The summed E-state index contributed by atoms with van der Waals surface area (Å²) in [6, 6.07) is 51.2. The van der Waals surface area contributed by atoms with Gasteiger partial charge in [-0.15, -0.1) is 0 Å². The van der Waals surface area contributed by atoms with E-state index in [1.807, 2.05) is 178 Å². The molecule has 15 nitrogen and oxygen atoms in total. The van der Waals surface area contributed by atoms with E-state index in [2.05, 4.69) is 19.7 Å². The number of carbonyl (C=O) groups is 3. The average Bonchev–Trinajstić information content (AvgIpc) is 3.39. The van der Waals surface area contributed by atoms with Crippen molar-refractivity contribution in [2.24, 2.45) is 0 Å². The van der Waals surface area contributed by atoms with Gasteiger partial charge in [-0.3, -0.25) is 14.7 Å². The van der Waals surface area contributed by atoms with Crippen LogP contribution in [0.15, 0.2) is 200 Å². The van der Waals surface area contributed by atoms with Gasteiger partial charge in [-0.1, -0.05) is 92.5 Å². The van der Waals surface area contributed by atoms with Crippen molar-refractivity contribution in [3.63, 3.8) is 0 Å². The predicted molar refractivity (Wildman–Crippen MR) is 278 cm³/mol. The molecule has 0 amide bonds. The number of hydrogen-bond donors (Lipinski definition) is 0. The Kier molecular flexibility index (Phi) is 17.5. The zero-order valence-corrected chi connectivity index (χ0v) is 40.3. The summed E-state index contributed by atoms with van der Waals surface area (Å²) < 4.78 is 34.2. The molecular weight excluding hydrogens is 913 g/mol. The number of rotatable bonds is 24. The van der Waals surface area contributed by atoms with Crippen molar-refractivity contribution < 1.29 is 42.8 Å². The Morgan fingerprint density at radius 2 is 0.611 bits per heavy atom. The second-order valence-electron chi connectivity index (χ2n) is 16.0. The molecule has 0 spiro atoms. The summed E-state index contributed by atoms with van der Waals surface area (Å²) in [6.45, 7) is 16.1. The maximum absolute atomic E-state index is 12.1. The highest BCUT2D eigenvalue weighted by molar-refractivity contribution is 5.88. The molecule has 0 saturated carbocycles. The summed E-state index contributed by atoms with van der Waals surface area (Å²) >= 11 is 0. The van der Waals surface area contributed by atoms with Crippen molar-refractivity contribution in [3.8, 4) is 17.2 Å². The average molecular weight is 967 g/mol. The van der Waals surface area contributed by atoms with Crippen molar-refractivity contribution in [3.05, 3.63) is 200 Å². The molecule has 0 bridgehead atoms. The third-order valence-electron chi connectivity index (χ3n) is 10.3. The van der Waals surface area contributed by atoms with Crippen molar-refractivity contribution in [2.75, 3.05) is 54.3 Å². The molecular formula is C57H54N6O9. The molecule has 0 aliphatic rings. The Bertz CT molecular complexity index is 2670. The summed E-state index contributed by atoms with van der Waals surface area (Å²) in [5.74, 6) is 0.701. The van der Waals surface area contributed by atoms with Gasteiger partial charge in [0.05, 0.1) is 17.1 Å². The predicted octanol–water partition coefficient (Wildman–Crippen LogP) is 11.8. The molecule has 0 N–H and O–H groups in total. The van der Waals surface area contributed by atoms with Gasteiger partial charge in [0.25, 0.3) is 0 Å². The summed E-state index contributed by atoms with van der Waals surface area (Å²) in [5, 5.41) is 0. The lowest BCUT2D eigenvalue weighted by atomic mass is 10.2. The van der Waals surface area contributed by atoms with Crippen molar-refractivity contribution >= 4 is 69.9 Å². The van der Waals surface area contributed by atoms with Gasteiger partial charge < -0.3 is 28.4 Å². The lowest BCUT2D eigenvalue weighted by Gasteiger charge is -2.30. The van der Waals surface area contributed by atoms with E-state index >= 15 is 0 Å². The van der Waals surface area contributed by atoms with E-state index < -0.39 is 17.9 Å². The minimum absolute atomic E-state index is 0.0204. The van der Waals surface area contributed by atoms with Crippen molar-refractivity contribution in [1.29, 1.82) is 0 Å². The first kappa shape index (κ1) is 50.6. The number of carbonyl (C=O) groups excluding carboxylic acids is 3. The monoisotopic (exact) mass is 966 g/mol. The van der Waals surface area contributed by atoms with Crippen LogP contribution in [0.5, 0.6) is 17.2 Å². The van der Waals surface area contributed by atoms with E-state index in [9.17, 15) is 14.4 Å². The van der Waals surface area contributed by atoms with E-state index in [0.717, 1.165) is 17.1 Å². The standard InChI is InChI=1S/C57H54N6O9/c1-40(2)52(64)70-34-31-67-49-28-16-25-46(37-49)61(43-19-10-7-11-20-43)55-58-56(62(44-21-12-8-13-22-44)47-26-17-29-50(38-47)68-32-35-71-53(65)41(3)4)60-57(59-55)63(45-23-14-9-15-24-45)48-27-18-30-51(39-48)69-33-36-72-54(66)42(5)6/h7-30,37-39H,1,3,5,31-36H2,2,4,6H3. The molecule has 0 atom stereocenters. The van der Waals surface area contributed by atoms with Crippen LogP contribution in [0.25, 0.3) is 0 Å². The summed E-state index contributed by atoms with van der Waals surface area (Å²) in [6.07, 6.45) is 0. The van der Waals surface area contributed by atoms with Crippen LogP contribution >= 0.6 is 0 Å². The quantitative estimate of drug-likeness (QED) is 0.0244. The Labute approximate surface area is 418 Å². The maximum Gasteiger partial charge on any atom is 0.333 e. The molecule has 0 fully saturated rings. The molecule has 7 aromatic rings. The number of anilines is 9. The number of nitrogens with zero attached hydrogens (tertiary/aromatic N) is 6. The molecule has 0 saturated heterocycles. The number of para-hydroxylation sites is 3. The lowest BCUT2D eigenvalue weighted by molar-refractivity contribution is -0.140. The molecule has 0 unspecified atom stereocenters. The van der Waals surface area contributed by atoms with Gasteiger partial charge in [0.2, 0.25) is 17.8 Å². The Morgan fingerprint density at radius 3 is 0.861 bits per heavy atom. The van der Waals surface area contributed by atoms with Gasteiger partial charge in [0, 0.05) is 52.0 Å². The highest BCUT2D eigenvalue weighted by Crippen LogP contribution is 2.42. The minimum Gasteiger partial charge on any atom is -0.490 e. The van der Waals surface area contributed by atoms with Crippen LogP contribution < -0.4 is 28.9 Å². The third kappa shape index (κ3) is 13.7. The van der Waals surface area contributed by atoms with E-state index in [4.69, 9.17) is 43.4 Å². The van der Waals surface area contributed by atoms with Crippen LogP contribution in [0.3, 0.4) is 0 Å². The Balaban J connectivity index is 1.39. The fourth-order valence-corrected chi connectivity index (χ4v) is 6.90. The van der Waals surface area contributed by atoms with Crippen LogP contribution in [0.4, 0.5) is 52.0 Å². The number of esters is 3. The fourth-order valence-electron chi connectivity index (χ4n) is 6.90. The fraction of sp³-hybridized carbons (Fsp3) is 0.158. The first-order chi connectivity index (χ1) is 34.9. The van der Waals surface area contributed by atoms with Crippen LogP contribution in [0.1, 0.15) is 20.8 Å². The highest BCUT2D eigenvalue weighted by Gasteiger charge is 2.27. The van der Waals surface area contributed by atoms with E-state index in [-0.39, 0.29) is 57.5 Å². The maximum atomic E-state index is 12.1. The van der Waals surface area contributed by atoms with Gasteiger partial charge in [-0.2, -0.15) is 15.0 Å². The van der Waals surface area contributed by atoms with E-state index in [1.165, 1.54) is 0 Å². The molecule has 15 heteroatoms. The molecule has 0 radical (unpaired) electrons. The van der Waals surface area contributed by atoms with Crippen molar-refractivity contribution in [2.45, 2.75) is 20.8 Å². The largest absolute Gasteiger partial charge is 0.490 e. The van der Waals surface area contributed by atoms with Gasteiger partial charge in [0.1, 0.15) is 56.9 Å². The van der Waals surface area contributed by atoms with Crippen molar-refractivity contribution in [1.82, 2.24) is 15.0 Å². The Morgan fingerprint density at radius 1 is 0.361 bits per heavy atom. The second-order valence-corrected chi connectivity index (χ2v) is 16.0. The first-order valence-corrected chi connectivity index (χ1v) is 22.9. The topological polar surface area (TPSA) is 155 Å². The zero-order chi connectivity index (χ0) is 50.8. The molecule has 6 aromatic carbocycles. The van der Waals surface area contributed by atoms with E-state index in [1.54, 1.807) is 20.8 Å². The molecule has 72 heavy (non-hydrogen) atoms. The molecule has 366 valence electrons. The molecule has 0 aliphatic carbocycles. The first-order valence-electron chi connectivity index (χ1n) is 22.9. The number of benzene rings is 6. The number of aromatic nitrogens is 3. The van der Waals surface area contributed by atoms with E-state index in [0.29, 0.717) is 51.0 Å². The summed E-state index contributed by atoms with van der Waals surface area (Å²) in [7, 11) is 0. The molecule has 7 rings (SSSR count). The van der Waals surface area contributed by atoms with Crippen LogP contribution in [0, 0.1) is 0 Å². The van der Waals surface area contributed by atoms with Gasteiger partial charge in [-0.25, -0.2) is 14.4 Å². The zero-order valence-electron chi connectivity index (χ0n) is 40.3. The Hall–Kier alpha value is -9.24. The molecule has 0 aliphatic heterocycles. The SMILES string of the molecule is C=C(C)C(=O)OCCOc1cccc(N(c2ccccc2)c2nc(N(c3ccccc3)c3cccc(OCCOC(=O)C(=C)C)c3)nc(N(c3ccccc3)c3cccc(OCCOC(=O)C(=C)C)c3)n2)c1. The number of hydrogen-bond acceptors (Lipinski definition) is 15. The minimum atomic E-state index is -0.500. The molecule has 1 heterocycles. The second kappa shape index (κ2) is 24.9. The van der Waals surface area contributed by atoms with Crippen LogP contribution in [-0.4, -0.2) is 72.5 Å².